The number of amides is 1. The van der Waals surface area contributed by atoms with Gasteiger partial charge in [-0.25, -0.2) is 0 Å². The molecule has 1 saturated carbocycles. The van der Waals surface area contributed by atoms with Gasteiger partial charge >= 0.3 is 0 Å². The number of carbonyl (C=O) groups excluding carboxylic acids is 1. The molecule has 1 fully saturated rings. The van der Waals surface area contributed by atoms with Crippen LogP contribution in [0.15, 0.2) is 6.07 Å². The molecule has 0 bridgehead atoms. The number of nitrogens with zero attached hydrogens (tertiary/aromatic N) is 3. The van der Waals surface area contributed by atoms with Gasteiger partial charge in [0.25, 0.3) is 5.91 Å². The van der Waals surface area contributed by atoms with E-state index in [1.54, 1.807) is 10.7 Å². The van der Waals surface area contributed by atoms with Crippen molar-refractivity contribution in [2.75, 3.05) is 6.54 Å². The van der Waals surface area contributed by atoms with Crippen LogP contribution < -0.4 is 5.32 Å². The number of rotatable bonds is 4. The number of hydrogen-bond acceptors (Lipinski definition) is 4. The predicted molar refractivity (Wildman–Crippen MR) is 86.0 cm³/mol. The summed E-state index contributed by atoms with van der Waals surface area (Å²) in [6, 6.07) is 1.73. The molecule has 1 aliphatic rings. The average molecular weight is 317 g/mol. The Morgan fingerprint density at radius 2 is 2.13 bits per heavy atom. The maximum absolute atomic E-state index is 12.2. The van der Waals surface area contributed by atoms with Crippen LogP contribution in [0.2, 0.25) is 0 Å². The van der Waals surface area contributed by atoms with Gasteiger partial charge in [-0.15, -0.1) is 0 Å². The molecule has 2 aromatic rings. The van der Waals surface area contributed by atoms with E-state index in [9.17, 15) is 9.90 Å². The van der Waals surface area contributed by atoms with Crippen LogP contribution in [0.5, 0.6) is 0 Å². The first-order valence-electron chi connectivity index (χ1n) is 7.96. The fourth-order valence-corrected chi connectivity index (χ4v) is 3.26. The van der Waals surface area contributed by atoms with Gasteiger partial charge in [-0.2, -0.15) is 10.2 Å². The van der Waals surface area contributed by atoms with Crippen LogP contribution in [0.3, 0.4) is 0 Å². The van der Waals surface area contributed by atoms with E-state index in [4.69, 9.17) is 0 Å². The highest BCUT2D eigenvalue weighted by Crippen LogP contribution is 2.29. The molecule has 3 rings (SSSR count). The van der Waals surface area contributed by atoms with E-state index in [2.05, 4.69) is 20.6 Å². The summed E-state index contributed by atoms with van der Waals surface area (Å²) < 4.78 is 1.80. The lowest BCUT2D eigenvalue weighted by molar-refractivity contribution is 0.0448. The van der Waals surface area contributed by atoms with Gasteiger partial charge in [0.15, 0.2) is 0 Å². The molecule has 2 aromatic heterocycles. The first-order chi connectivity index (χ1) is 10.9. The standard InChI is InChI=1S/C16H23N5O2/c1-10-14(11(2)21(3)20-10)12-8-13(19-18-12)15(22)17-9-16(23)6-4-5-7-16/h8,23H,4-7,9H2,1-3H3,(H,17,22)(H,18,19). The molecular weight excluding hydrogens is 294 g/mol. The predicted octanol–water partition coefficient (Wildman–Crippen LogP) is 1.46. The molecule has 7 nitrogen and oxygen atoms in total. The first-order valence-corrected chi connectivity index (χ1v) is 7.96. The summed E-state index contributed by atoms with van der Waals surface area (Å²) in [6.45, 7) is 4.18. The third-order valence-electron chi connectivity index (χ3n) is 4.70. The van der Waals surface area contributed by atoms with Crippen molar-refractivity contribution in [1.29, 1.82) is 0 Å². The van der Waals surface area contributed by atoms with Crippen LogP contribution in [-0.2, 0) is 7.05 Å². The molecule has 0 aromatic carbocycles. The Morgan fingerprint density at radius 3 is 2.74 bits per heavy atom. The van der Waals surface area contributed by atoms with E-state index >= 15 is 0 Å². The summed E-state index contributed by atoms with van der Waals surface area (Å²) in [5, 5.41) is 24.5. The summed E-state index contributed by atoms with van der Waals surface area (Å²) in [5.74, 6) is -0.247. The van der Waals surface area contributed by atoms with Crippen LogP contribution in [0.4, 0.5) is 0 Å². The average Bonchev–Trinajstić information content (AvgIpc) is 3.19. The molecule has 0 spiro atoms. The van der Waals surface area contributed by atoms with Gasteiger partial charge in [0.1, 0.15) is 5.69 Å². The molecule has 2 heterocycles. The Labute approximate surface area is 135 Å². The third kappa shape index (κ3) is 3.01. The monoisotopic (exact) mass is 317 g/mol. The molecule has 0 unspecified atom stereocenters. The second-order valence-corrected chi connectivity index (χ2v) is 6.45. The minimum absolute atomic E-state index is 0.247. The molecule has 0 atom stereocenters. The van der Waals surface area contributed by atoms with E-state index in [-0.39, 0.29) is 12.5 Å². The lowest BCUT2D eigenvalue weighted by Gasteiger charge is -2.21. The molecule has 124 valence electrons. The number of aliphatic hydroxyl groups is 1. The molecule has 7 heteroatoms. The number of nitrogens with one attached hydrogen (secondary N) is 2. The van der Waals surface area contributed by atoms with Crippen LogP contribution >= 0.6 is 0 Å². The summed E-state index contributed by atoms with van der Waals surface area (Å²) in [4.78, 5) is 12.2. The lowest BCUT2D eigenvalue weighted by Crippen LogP contribution is -2.40. The van der Waals surface area contributed by atoms with Crippen molar-refractivity contribution in [2.24, 2.45) is 7.05 Å². The molecule has 23 heavy (non-hydrogen) atoms. The Hall–Kier alpha value is -2.15. The zero-order chi connectivity index (χ0) is 16.6. The third-order valence-corrected chi connectivity index (χ3v) is 4.70. The highest BCUT2D eigenvalue weighted by molar-refractivity contribution is 5.93. The van der Waals surface area contributed by atoms with Crippen LogP contribution in [-0.4, -0.2) is 43.1 Å². The summed E-state index contributed by atoms with van der Waals surface area (Å²) in [5.41, 5.74) is 3.17. The SMILES string of the molecule is Cc1nn(C)c(C)c1-c1cc(C(=O)NCC2(O)CCCC2)[nH]n1. The van der Waals surface area contributed by atoms with E-state index in [0.717, 1.165) is 42.6 Å². The van der Waals surface area contributed by atoms with E-state index in [0.29, 0.717) is 11.4 Å². The molecular formula is C16H23N5O2. The second-order valence-electron chi connectivity index (χ2n) is 6.45. The van der Waals surface area contributed by atoms with Crippen LogP contribution in [0.25, 0.3) is 11.3 Å². The molecule has 1 amide bonds. The second kappa shape index (κ2) is 5.81. The minimum Gasteiger partial charge on any atom is -0.388 e. The fourth-order valence-electron chi connectivity index (χ4n) is 3.26. The summed E-state index contributed by atoms with van der Waals surface area (Å²) in [7, 11) is 1.88. The van der Waals surface area contributed by atoms with E-state index < -0.39 is 5.60 Å². The number of aromatic nitrogens is 4. The molecule has 0 aliphatic heterocycles. The Morgan fingerprint density at radius 1 is 1.43 bits per heavy atom. The summed E-state index contributed by atoms with van der Waals surface area (Å²) >= 11 is 0. The van der Waals surface area contributed by atoms with Crippen LogP contribution in [0.1, 0.15) is 47.6 Å². The zero-order valence-electron chi connectivity index (χ0n) is 13.8. The maximum Gasteiger partial charge on any atom is 0.269 e. The number of carbonyl (C=O) groups is 1. The van der Waals surface area contributed by atoms with Crippen molar-refractivity contribution < 1.29 is 9.90 Å². The largest absolute Gasteiger partial charge is 0.388 e. The van der Waals surface area contributed by atoms with Gasteiger partial charge in [-0.3, -0.25) is 14.6 Å². The Balaban J connectivity index is 1.72. The minimum atomic E-state index is -0.755. The summed E-state index contributed by atoms with van der Waals surface area (Å²) in [6.07, 6.45) is 3.52. The zero-order valence-corrected chi connectivity index (χ0v) is 13.8. The van der Waals surface area contributed by atoms with Gasteiger partial charge in [0, 0.05) is 24.8 Å². The number of H-pyrrole nitrogens is 1. The number of hydrogen-bond donors (Lipinski definition) is 3. The molecule has 0 radical (unpaired) electrons. The van der Waals surface area contributed by atoms with Crippen LogP contribution in [0, 0.1) is 13.8 Å². The molecule has 0 saturated heterocycles. The Bertz CT molecular complexity index is 725. The quantitative estimate of drug-likeness (QED) is 0.795. The van der Waals surface area contributed by atoms with E-state index in [1.807, 2.05) is 20.9 Å². The van der Waals surface area contributed by atoms with E-state index in [1.165, 1.54) is 0 Å². The maximum atomic E-state index is 12.2. The van der Waals surface area contributed by atoms with Crippen molar-refractivity contribution in [3.8, 4) is 11.3 Å². The lowest BCUT2D eigenvalue weighted by atomic mass is 10.0. The van der Waals surface area contributed by atoms with Gasteiger partial charge in [0.2, 0.25) is 0 Å². The smallest absolute Gasteiger partial charge is 0.269 e. The van der Waals surface area contributed by atoms with Crippen molar-refractivity contribution in [3.63, 3.8) is 0 Å². The normalized spacial score (nSPS) is 16.7. The van der Waals surface area contributed by atoms with Crippen molar-refractivity contribution >= 4 is 5.91 Å². The van der Waals surface area contributed by atoms with Gasteiger partial charge in [-0.05, 0) is 32.8 Å². The van der Waals surface area contributed by atoms with Crippen molar-refractivity contribution in [3.05, 3.63) is 23.1 Å². The van der Waals surface area contributed by atoms with Crippen molar-refractivity contribution in [2.45, 2.75) is 45.1 Å². The highest BCUT2D eigenvalue weighted by atomic mass is 16.3. The number of aryl methyl sites for hydroxylation is 2. The number of aromatic amines is 1. The van der Waals surface area contributed by atoms with Gasteiger partial charge in [-0.1, -0.05) is 12.8 Å². The fraction of sp³-hybridized carbons (Fsp3) is 0.562. The molecule has 3 N–H and O–H groups in total. The van der Waals surface area contributed by atoms with Gasteiger partial charge < -0.3 is 10.4 Å². The van der Waals surface area contributed by atoms with Gasteiger partial charge in [0.05, 0.1) is 17.0 Å². The topological polar surface area (TPSA) is 95.8 Å². The molecule has 1 aliphatic carbocycles. The first kappa shape index (κ1) is 15.7. The highest BCUT2D eigenvalue weighted by Gasteiger charge is 2.31. The Kier molecular flexibility index (Phi) is 3.97. The van der Waals surface area contributed by atoms with Crippen molar-refractivity contribution in [1.82, 2.24) is 25.3 Å².